The number of rotatable bonds is 3. The molecule has 0 spiro atoms. The van der Waals surface area contributed by atoms with Crippen LogP contribution >= 0.6 is 24.0 Å². The molecular weight excluding hydrogens is 377 g/mol. The van der Waals surface area contributed by atoms with Gasteiger partial charge in [-0.2, -0.15) is 0 Å². The first kappa shape index (κ1) is 18.1. The Morgan fingerprint density at radius 1 is 1.24 bits per heavy atom. The molecule has 0 atom stereocenters. The van der Waals surface area contributed by atoms with Gasteiger partial charge in [-0.25, -0.2) is 0 Å². The number of benzene rings is 1. The number of piperidine rings is 1. The van der Waals surface area contributed by atoms with Crippen LogP contribution in [0.2, 0.25) is 0 Å². The molecule has 1 aliphatic heterocycles. The number of nitrogens with zero attached hydrogens (tertiary/aromatic N) is 3. The molecule has 1 heterocycles. The third-order valence-corrected chi connectivity index (χ3v) is 3.47. The van der Waals surface area contributed by atoms with Gasteiger partial charge < -0.3 is 14.5 Å². The monoisotopic (exact) mass is 403 g/mol. The third kappa shape index (κ3) is 5.37. The molecule has 1 aromatic carbocycles. The van der Waals surface area contributed by atoms with Crippen molar-refractivity contribution in [2.75, 3.05) is 33.7 Å². The summed E-state index contributed by atoms with van der Waals surface area (Å²) in [7, 11) is 4.11. The molecule has 2 rings (SSSR count). The number of hydrogen-bond donors (Lipinski definition) is 0. The minimum Gasteiger partial charge on any atom is -0.490 e. The summed E-state index contributed by atoms with van der Waals surface area (Å²) in [6, 6.07) is 10.1. The summed E-state index contributed by atoms with van der Waals surface area (Å²) < 4.78 is 6.02. The van der Waals surface area contributed by atoms with Gasteiger partial charge in [0.15, 0.2) is 5.96 Å². The molecule has 4 nitrogen and oxygen atoms in total. The van der Waals surface area contributed by atoms with Crippen molar-refractivity contribution in [3.05, 3.63) is 30.3 Å². The smallest absolute Gasteiger partial charge is 0.196 e. The van der Waals surface area contributed by atoms with Gasteiger partial charge >= 0.3 is 0 Å². The predicted octanol–water partition coefficient (Wildman–Crippen LogP) is 3.09. The van der Waals surface area contributed by atoms with E-state index in [-0.39, 0.29) is 24.0 Å². The molecule has 0 aromatic heterocycles. The van der Waals surface area contributed by atoms with E-state index in [9.17, 15) is 0 Å². The van der Waals surface area contributed by atoms with E-state index < -0.39 is 0 Å². The zero-order chi connectivity index (χ0) is 14.4. The fourth-order valence-corrected chi connectivity index (χ4v) is 2.53. The number of ether oxygens (including phenoxy) is 1. The molecule has 1 aliphatic rings. The van der Waals surface area contributed by atoms with E-state index in [1.165, 1.54) is 0 Å². The average Bonchev–Trinajstić information content (AvgIpc) is 2.47. The number of aliphatic imine (C=N–C) groups is 1. The summed E-state index contributed by atoms with van der Waals surface area (Å²) in [5, 5.41) is 0. The fraction of sp³-hybridized carbons (Fsp3) is 0.562. The SMILES string of the molecule is CCN=C(N(C)C)N1CCC(Oc2ccccc2)CC1.I. The zero-order valence-corrected chi connectivity index (χ0v) is 15.5. The Balaban J connectivity index is 0.00000220. The minimum atomic E-state index is 0. The van der Waals surface area contributed by atoms with Crippen LogP contribution in [0.4, 0.5) is 0 Å². The summed E-state index contributed by atoms with van der Waals surface area (Å²) in [4.78, 5) is 9.04. The Kier molecular flexibility index (Phi) is 7.85. The summed E-state index contributed by atoms with van der Waals surface area (Å²) in [6.07, 6.45) is 2.41. The van der Waals surface area contributed by atoms with Crippen LogP contribution in [-0.4, -0.2) is 55.6 Å². The zero-order valence-electron chi connectivity index (χ0n) is 13.2. The molecule has 0 amide bonds. The lowest BCUT2D eigenvalue weighted by Gasteiger charge is -2.36. The number of guanidine groups is 1. The number of hydrogen-bond acceptors (Lipinski definition) is 2. The molecule has 1 saturated heterocycles. The van der Waals surface area contributed by atoms with E-state index in [4.69, 9.17) is 4.74 Å². The Morgan fingerprint density at radius 2 is 1.86 bits per heavy atom. The van der Waals surface area contributed by atoms with E-state index in [0.717, 1.165) is 44.2 Å². The van der Waals surface area contributed by atoms with Crippen LogP contribution in [0.3, 0.4) is 0 Å². The first-order valence-corrected chi connectivity index (χ1v) is 7.39. The van der Waals surface area contributed by atoms with Gasteiger partial charge in [0, 0.05) is 46.6 Å². The molecule has 0 bridgehead atoms. The molecule has 0 saturated carbocycles. The highest BCUT2D eigenvalue weighted by Gasteiger charge is 2.23. The van der Waals surface area contributed by atoms with Crippen LogP contribution < -0.4 is 4.74 Å². The first-order chi connectivity index (χ1) is 9.70. The maximum Gasteiger partial charge on any atom is 0.196 e. The Hall–Kier alpha value is -0.980. The lowest BCUT2D eigenvalue weighted by molar-refractivity contribution is 0.126. The molecule has 118 valence electrons. The van der Waals surface area contributed by atoms with Crippen LogP contribution in [0, 0.1) is 0 Å². The Bertz CT molecular complexity index is 428. The van der Waals surface area contributed by atoms with E-state index in [1.54, 1.807) is 0 Å². The van der Waals surface area contributed by atoms with Gasteiger partial charge in [-0.1, -0.05) is 18.2 Å². The van der Waals surface area contributed by atoms with Crippen LogP contribution in [0.25, 0.3) is 0 Å². The van der Waals surface area contributed by atoms with Crippen LogP contribution in [0.15, 0.2) is 35.3 Å². The maximum atomic E-state index is 6.02. The Morgan fingerprint density at radius 3 is 2.38 bits per heavy atom. The van der Waals surface area contributed by atoms with Gasteiger partial charge in [0.2, 0.25) is 0 Å². The highest BCUT2D eigenvalue weighted by atomic mass is 127. The van der Waals surface area contributed by atoms with Gasteiger partial charge in [-0.15, -0.1) is 24.0 Å². The first-order valence-electron chi connectivity index (χ1n) is 7.39. The quantitative estimate of drug-likeness (QED) is 0.441. The highest BCUT2D eigenvalue weighted by molar-refractivity contribution is 14.0. The van der Waals surface area contributed by atoms with Crippen molar-refractivity contribution in [1.29, 1.82) is 0 Å². The van der Waals surface area contributed by atoms with Gasteiger partial charge in [0.1, 0.15) is 11.9 Å². The van der Waals surface area contributed by atoms with Crippen molar-refractivity contribution in [2.45, 2.75) is 25.9 Å². The molecular formula is C16H26IN3O. The van der Waals surface area contributed by atoms with E-state index >= 15 is 0 Å². The lowest BCUT2D eigenvalue weighted by Crippen LogP contribution is -2.47. The number of likely N-dealkylation sites (tertiary alicyclic amines) is 1. The van der Waals surface area contributed by atoms with Crippen molar-refractivity contribution in [3.63, 3.8) is 0 Å². The average molecular weight is 403 g/mol. The molecule has 21 heavy (non-hydrogen) atoms. The summed E-state index contributed by atoms with van der Waals surface area (Å²) in [5.41, 5.74) is 0. The third-order valence-electron chi connectivity index (χ3n) is 3.47. The predicted molar refractivity (Wildman–Crippen MR) is 98.7 cm³/mol. The van der Waals surface area contributed by atoms with Crippen molar-refractivity contribution in [1.82, 2.24) is 9.80 Å². The second-order valence-electron chi connectivity index (χ2n) is 5.29. The van der Waals surface area contributed by atoms with Crippen LogP contribution in [0.1, 0.15) is 19.8 Å². The molecule has 0 N–H and O–H groups in total. The summed E-state index contributed by atoms with van der Waals surface area (Å²) >= 11 is 0. The molecule has 0 unspecified atom stereocenters. The second kappa shape index (κ2) is 9.12. The van der Waals surface area contributed by atoms with E-state index in [1.807, 2.05) is 30.3 Å². The van der Waals surface area contributed by atoms with Crippen molar-refractivity contribution in [3.8, 4) is 5.75 Å². The molecule has 0 aliphatic carbocycles. The van der Waals surface area contributed by atoms with E-state index in [0.29, 0.717) is 6.10 Å². The Labute approximate surface area is 145 Å². The van der Waals surface area contributed by atoms with Crippen molar-refractivity contribution < 1.29 is 4.74 Å². The van der Waals surface area contributed by atoms with Crippen LogP contribution in [-0.2, 0) is 0 Å². The molecule has 0 radical (unpaired) electrons. The maximum absolute atomic E-state index is 6.02. The summed E-state index contributed by atoms with van der Waals surface area (Å²) in [6.45, 7) is 4.92. The highest BCUT2D eigenvalue weighted by Crippen LogP contribution is 2.19. The standard InChI is InChI=1S/C16H25N3O.HI/c1-4-17-16(18(2)3)19-12-10-15(11-13-19)20-14-8-6-5-7-9-14;/h5-9,15H,4,10-13H2,1-3H3;1H. The van der Waals surface area contributed by atoms with Gasteiger partial charge in [-0.3, -0.25) is 4.99 Å². The van der Waals surface area contributed by atoms with Crippen molar-refractivity contribution in [2.24, 2.45) is 4.99 Å². The minimum absolute atomic E-state index is 0. The largest absolute Gasteiger partial charge is 0.490 e. The van der Waals surface area contributed by atoms with Crippen LogP contribution in [0.5, 0.6) is 5.75 Å². The fourth-order valence-electron chi connectivity index (χ4n) is 2.53. The van der Waals surface area contributed by atoms with E-state index in [2.05, 4.69) is 35.8 Å². The lowest BCUT2D eigenvalue weighted by atomic mass is 10.1. The molecule has 1 aromatic rings. The van der Waals surface area contributed by atoms with Crippen molar-refractivity contribution >= 4 is 29.9 Å². The van der Waals surface area contributed by atoms with Gasteiger partial charge in [-0.05, 0) is 19.1 Å². The van der Waals surface area contributed by atoms with Gasteiger partial charge in [0.05, 0.1) is 0 Å². The number of halogens is 1. The van der Waals surface area contributed by atoms with Gasteiger partial charge in [0.25, 0.3) is 0 Å². The second-order valence-corrected chi connectivity index (χ2v) is 5.29. The molecule has 5 heteroatoms. The summed E-state index contributed by atoms with van der Waals surface area (Å²) in [5.74, 6) is 2.06. The normalized spacial score (nSPS) is 16.3. The number of para-hydroxylation sites is 1. The molecule has 1 fully saturated rings. The topological polar surface area (TPSA) is 28.1 Å².